The number of nitrogens with one attached hydrogen (secondary N) is 1. The molecular formula is C11H21N3. The highest BCUT2D eigenvalue weighted by Gasteiger charge is 2.10. The van der Waals surface area contributed by atoms with Crippen LogP contribution in [0.25, 0.3) is 0 Å². The zero-order chi connectivity index (χ0) is 10.4. The third-order valence-electron chi connectivity index (χ3n) is 2.35. The minimum Gasteiger partial charge on any atom is -0.310 e. The average Bonchev–Trinajstić information content (AvgIpc) is 2.59. The van der Waals surface area contributed by atoms with Crippen molar-refractivity contribution in [2.75, 3.05) is 6.54 Å². The van der Waals surface area contributed by atoms with Crippen molar-refractivity contribution in [3.05, 3.63) is 18.0 Å². The lowest BCUT2D eigenvalue weighted by atomic mass is 10.1. The van der Waals surface area contributed by atoms with Crippen molar-refractivity contribution < 1.29 is 0 Å². The molecule has 3 heteroatoms. The van der Waals surface area contributed by atoms with Crippen LogP contribution in [0.1, 0.15) is 44.7 Å². The van der Waals surface area contributed by atoms with E-state index in [0.29, 0.717) is 6.04 Å². The normalized spacial score (nSPS) is 13.1. The van der Waals surface area contributed by atoms with E-state index in [1.54, 1.807) is 0 Å². The second-order valence-corrected chi connectivity index (χ2v) is 3.74. The highest BCUT2D eigenvalue weighted by molar-refractivity contribution is 5.09. The number of aryl methyl sites for hydroxylation is 1. The fourth-order valence-corrected chi connectivity index (χ4v) is 1.61. The zero-order valence-electron chi connectivity index (χ0n) is 9.45. The first-order valence-electron chi connectivity index (χ1n) is 5.49. The first kappa shape index (κ1) is 11.2. The quantitative estimate of drug-likeness (QED) is 0.754. The van der Waals surface area contributed by atoms with E-state index >= 15 is 0 Å². The fourth-order valence-electron chi connectivity index (χ4n) is 1.61. The Kier molecular flexibility index (Phi) is 4.66. The molecule has 0 saturated heterocycles. The van der Waals surface area contributed by atoms with Crippen molar-refractivity contribution in [1.82, 2.24) is 15.1 Å². The van der Waals surface area contributed by atoms with Crippen molar-refractivity contribution in [2.24, 2.45) is 7.05 Å². The molecule has 1 unspecified atom stereocenters. The summed E-state index contributed by atoms with van der Waals surface area (Å²) in [5.41, 5.74) is 1.31. The minimum atomic E-state index is 0.480. The van der Waals surface area contributed by atoms with Gasteiger partial charge in [-0.15, -0.1) is 0 Å². The van der Waals surface area contributed by atoms with Crippen LogP contribution in [0.2, 0.25) is 0 Å². The molecule has 3 nitrogen and oxygen atoms in total. The van der Waals surface area contributed by atoms with Gasteiger partial charge in [-0.05, 0) is 19.4 Å². The molecular weight excluding hydrogens is 174 g/mol. The van der Waals surface area contributed by atoms with E-state index in [0.717, 1.165) is 6.54 Å². The SMILES string of the molecule is CCCNC(CCC)c1cnn(C)c1. The molecule has 1 aromatic rings. The van der Waals surface area contributed by atoms with Gasteiger partial charge < -0.3 is 5.32 Å². The molecule has 0 fully saturated rings. The summed E-state index contributed by atoms with van der Waals surface area (Å²) in [5, 5.41) is 7.75. The third kappa shape index (κ3) is 3.14. The van der Waals surface area contributed by atoms with Crippen molar-refractivity contribution in [2.45, 2.75) is 39.2 Å². The summed E-state index contributed by atoms with van der Waals surface area (Å²) in [6.07, 6.45) is 7.63. The Morgan fingerprint density at radius 2 is 2.21 bits per heavy atom. The molecule has 80 valence electrons. The first-order valence-corrected chi connectivity index (χ1v) is 5.49. The van der Waals surface area contributed by atoms with Gasteiger partial charge in [0.2, 0.25) is 0 Å². The van der Waals surface area contributed by atoms with Crippen molar-refractivity contribution in [3.8, 4) is 0 Å². The van der Waals surface area contributed by atoms with Crippen LogP contribution in [0.5, 0.6) is 0 Å². The highest BCUT2D eigenvalue weighted by atomic mass is 15.2. The Morgan fingerprint density at radius 3 is 2.71 bits per heavy atom. The van der Waals surface area contributed by atoms with E-state index in [1.807, 2.05) is 17.9 Å². The molecule has 0 amide bonds. The maximum atomic E-state index is 4.20. The van der Waals surface area contributed by atoms with Gasteiger partial charge in [-0.25, -0.2) is 0 Å². The molecule has 1 atom stereocenters. The molecule has 1 aromatic heterocycles. The molecule has 1 N–H and O–H groups in total. The second-order valence-electron chi connectivity index (χ2n) is 3.74. The van der Waals surface area contributed by atoms with E-state index < -0.39 is 0 Å². The van der Waals surface area contributed by atoms with Gasteiger partial charge in [0.1, 0.15) is 0 Å². The van der Waals surface area contributed by atoms with Gasteiger partial charge in [-0.3, -0.25) is 4.68 Å². The molecule has 0 aliphatic heterocycles. The van der Waals surface area contributed by atoms with Crippen LogP contribution in [-0.4, -0.2) is 16.3 Å². The molecule has 0 aliphatic rings. The van der Waals surface area contributed by atoms with E-state index in [-0.39, 0.29) is 0 Å². The van der Waals surface area contributed by atoms with Gasteiger partial charge in [0, 0.05) is 24.8 Å². The van der Waals surface area contributed by atoms with Crippen molar-refractivity contribution in [3.63, 3.8) is 0 Å². The zero-order valence-corrected chi connectivity index (χ0v) is 9.45. The molecule has 0 aliphatic carbocycles. The summed E-state index contributed by atoms with van der Waals surface area (Å²) in [5.74, 6) is 0. The van der Waals surface area contributed by atoms with E-state index in [2.05, 4.69) is 30.5 Å². The summed E-state index contributed by atoms with van der Waals surface area (Å²) in [6.45, 7) is 5.50. The first-order chi connectivity index (χ1) is 6.77. The lowest BCUT2D eigenvalue weighted by Gasteiger charge is -2.15. The maximum Gasteiger partial charge on any atom is 0.0537 e. The van der Waals surface area contributed by atoms with Crippen molar-refractivity contribution >= 4 is 0 Å². The summed E-state index contributed by atoms with van der Waals surface area (Å²) in [6, 6.07) is 0.480. The Bertz CT molecular complexity index is 255. The lowest BCUT2D eigenvalue weighted by molar-refractivity contribution is 0.493. The van der Waals surface area contributed by atoms with Crippen LogP contribution in [-0.2, 0) is 7.05 Å². The molecule has 0 spiro atoms. The maximum absolute atomic E-state index is 4.20. The second kappa shape index (κ2) is 5.81. The fraction of sp³-hybridized carbons (Fsp3) is 0.727. The van der Waals surface area contributed by atoms with E-state index in [9.17, 15) is 0 Å². The van der Waals surface area contributed by atoms with Crippen LogP contribution in [0.4, 0.5) is 0 Å². The topological polar surface area (TPSA) is 29.9 Å². The number of nitrogens with zero attached hydrogens (tertiary/aromatic N) is 2. The Hall–Kier alpha value is -0.830. The summed E-state index contributed by atoms with van der Waals surface area (Å²) in [7, 11) is 1.96. The van der Waals surface area contributed by atoms with Crippen LogP contribution >= 0.6 is 0 Å². The molecule has 0 aromatic carbocycles. The van der Waals surface area contributed by atoms with Gasteiger partial charge in [0.25, 0.3) is 0 Å². The largest absolute Gasteiger partial charge is 0.310 e. The van der Waals surface area contributed by atoms with E-state index in [1.165, 1.54) is 24.8 Å². The summed E-state index contributed by atoms with van der Waals surface area (Å²) < 4.78 is 1.87. The summed E-state index contributed by atoms with van der Waals surface area (Å²) in [4.78, 5) is 0. The van der Waals surface area contributed by atoms with E-state index in [4.69, 9.17) is 0 Å². The van der Waals surface area contributed by atoms with Gasteiger partial charge >= 0.3 is 0 Å². The van der Waals surface area contributed by atoms with Gasteiger partial charge in [0.05, 0.1) is 6.20 Å². The summed E-state index contributed by atoms with van der Waals surface area (Å²) >= 11 is 0. The van der Waals surface area contributed by atoms with Gasteiger partial charge in [-0.1, -0.05) is 20.3 Å². The average molecular weight is 195 g/mol. The lowest BCUT2D eigenvalue weighted by Crippen LogP contribution is -2.21. The Balaban J connectivity index is 2.57. The van der Waals surface area contributed by atoms with Gasteiger partial charge in [-0.2, -0.15) is 5.10 Å². The smallest absolute Gasteiger partial charge is 0.0537 e. The molecule has 14 heavy (non-hydrogen) atoms. The standard InChI is InChI=1S/C11H21N3/c1-4-6-11(12-7-5-2)10-8-13-14(3)9-10/h8-9,11-12H,4-7H2,1-3H3. The number of aromatic nitrogens is 2. The molecule has 1 heterocycles. The van der Waals surface area contributed by atoms with Crippen LogP contribution in [0.15, 0.2) is 12.4 Å². The van der Waals surface area contributed by atoms with Crippen molar-refractivity contribution in [1.29, 1.82) is 0 Å². The molecule has 0 saturated carbocycles. The number of hydrogen-bond donors (Lipinski definition) is 1. The Labute approximate surface area is 86.5 Å². The molecule has 0 radical (unpaired) electrons. The predicted molar refractivity (Wildman–Crippen MR) is 59.2 cm³/mol. The van der Waals surface area contributed by atoms with Crippen LogP contribution < -0.4 is 5.32 Å². The number of hydrogen-bond acceptors (Lipinski definition) is 2. The third-order valence-corrected chi connectivity index (χ3v) is 2.35. The number of rotatable bonds is 6. The van der Waals surface area contributed by atoms with Crippen LogP contribution in [0, 0.1) is 0 Å². The Morgan fingerprint density at radius 1 is 1.43 bits per heavy atom. The van der Waals surface area contributed by atoms with Gasteiger partial charge in [0.15, 0.2) is 0 Å². The predicted octanol–water partition coefficient (Wildman–Crippen LogP) is 2.26. The monoisotopic (exact) mass is 195 g/mol. The highest BCUT2D eigenvalue weighted by Crippen LogP contribution is 2.17. The minimum absolute atomic E-state index is 0.480. The molecule has 0 bridgehead atoms. The van der Waals surface area contributed by atoms with Crippen LogP contribution in [0.3, 0.4) is 0 Å². The molecule has 1 rings (SSSR count).